The molecule has 0 radical (unpaired) electrons. The minimum Gasteiger partial charge on any atom is -0.493 e. The number of nitrogens with one attached hydrogen (secondary N) is 2. The quantitative estimate of drug-likeness (QED) is 0.416. The van der Waals surface area contributed by atoms with Gasteiger partial charge in [0.15, 0.2) is 16.6 Å². The third-order valence-corrected chi connectivity index (χ3v) is 6.65. The molecule has 35 heavy (non-hydrogen) atoms. The lowest BCUT2D eigenvalue weighted by Crippen LogP contribution is -2.48. The van der Waals surface area contributed by atoms with Crippen LogP contribution in [-0.2, 0) is 13.0 Å². The lowest BCUT2D eigenvalue weighted by molar-refractivity contribution is 0.149. The highest BCUT2D eigenvalue weighted by Gasteiger charge is 2.33. The standard InChI is InChI=1S/C28H32FN3O2S/c1-18-6-5-7-23(14-18)31-28(35)30-19(2)27-24-16-26(34-4)25(33-3)15-21(24)12-13-32(27)17-20-8-10-22(29)11-9-20/h5-11,14-16,19,27H,12-13,17H2,1-4H3,(H2,30,31,35)/t19-,27+/m1/s1. The smallest absolute Gasteiger partial charge is 0.171 e. The summed E-state index contributed by atoms with van der Waals surface area (Å²) in [7, 11) is 3.31. The highest BCUT2D eigenvalue weighted by molar-refractivity contribution is 7.80. The second-order valence-electron chi connectivity index (χ2n) is 8.95. The first-order valence-electron chi connectivity index (χ1n) is 11.8. The Balaban J connectivity index is 1.62. The Labute approximate surface area is 212 Å². The average molecular weight is 494 g/mol. The lowest BCUT2D eigenvalue weighted by Gasteiger charge is -2.41. The number of ether oxygens (including phenoxy) is 2. The van der Waals surface area contributed by atoms with Gasteiger partial charge in [0.05, 0.1) is 20.3 Å². The zero-order chi connectivity index (χ0) is 24.9. The van der Waals surface area contributed by atoms with Crippen molar-refractivity contribution in [1.29, 1.82) is 0 Å². The van der Waals surface area contributed by atoms with Gasteiger partial charge in [-0.05, 0) is 91.1 Å². The molecular weight excluding hydrogens is 461 g/mol. The molecule has 0 bridgehead atoms. The van der Waals surface area contributed by atoms with Crippen LogP contribution in [0.3, 0.4) is 0 Å². The number of hydrogen-bond donors (Lipinski definition) is 2. The Bertz CT molecular complexity index is 1190. The summed E-state index contributed by atoms with van der Waals surface area (Å²) in [6.45, 7) is 5.74. The predicted octanol–water partition coefficient (Wildman–Crippen LogP) is 5.63. The molecule has 1 aliphatic rings. The molecule has 0 amide bonds. The number of anilines is 1. The molecule has 0 spiro atoms. The van der Waals surface area contributed by atoms with E-state index in [-0.39, 0.29) is 17.9 Å². The Hall–Kier alpha value is -3.16. The molecule has 0 unspecified atom stereocenters. The van der Waals surface area contributed by atoms with Gasteiger partial charge in [0.25, 0.3) is 0 Å². The van der Waals surface area contributed by atoms with E-state index in [0.717, 1.165) is 30.0 Å². The van der Waals surface area contributed by atoms with Crippen LogP contribution >= 0.6 is 12.2 Å². The van der Waals surface area contributed by atoms with E-state index >= 15 is 0 Å². The van der Waals surface area contributed by atoms with Crippen LogP contribution in [0.5, 0.6) is 11.5 Å². The zero-order valence-corrected chi connectivity index (χ0v) is 21.4. The molecule has 4 rings (SSSR count). The lowest BCUT2D eigenvalue weighted by atomic mass is 9.87. The summed E-state index contributed by atoms with van der Waals surface area (Å²) >= 11 is 5.67. The summed E-state index contributed by atoms with van der Waals surface area (Å²) in [5, 5.41) is 7.37. The van der Waals surface area contributed by atoms with Crippen molar-refractivity contribution in [1.82, 2.24) is 10.2 Å². The number of fused-ring (bicyclic) bond motifs is 1. The Morgan fingerprint density at radius 2 is 1.80 bits per heavy atom. The molecular formula is C28H32FN3O2S. The summed E-state index contributed by atoms with van der Waals surface area (Å²) in [5.74, 6) is 1.20. The molecule has 1 heterocycles. The number of aryl methyl sites for hydroxylation is 1. The third kappa shape index (κ3) is 5.92. The number of halogens is 1. The second-order valence-corrected chi connectivity index (χ2v) is 9.36. The van der Waals surface area contributed by atoms with E-state index in [1.54, 1.807) is 14.2 Å². The normalized spacial score (nSPS) is 16.2. The van der Waals surface area contributed by atoms with Crippen LogP contribution in [0.15, 0.2) is 60.7 Å². The van der Waals surface area contributed by atoms with Gasteiger partial charge < -0.3 is 20.1 Å². The van der Waals surface area contributed by atoms with E-state index in [1.807, 2.05) is 24.3 Å². The van der Waals surface area contributed by atoms with Gasteiger partial charge in [0, 0.05) is 24.8 Å². The van der Waals surface area contributed by atoms with Crippen molar-refractivity contribution < 1.29 is 13.9 Å². The molecule has 2 atom stereocenters. The van der Waals surface area contributed by atoms with Crippen molar-refractivity contribution in [2.24, 2.45) is 0 Å². The van der Waals surface area contributed by atoms with Crippen LogP contribution in [0.25, 0.3) is 0 Å². The molecule has 0 saturated carbocycles. The number of nitrogens with zero attached hydrogens (tertiary/aromatic N) is 1. The SMILES string of the molecule is COc1cc2c(cc1OC)[C@H]([C@@H](C)NC(=S)Nc1cccc(C)c1)N(Cc1ccc(F)cc1)CC2. The van der Waals surface area contributed by atoms with Gasteiger partial charge in [-0.2, -0.15) is 0 Å². The summed E-state index contributed by atoms with van der Waals surface area (Å²) in [5.41, 5.74) is 5.59. The molecule has 0 aliphatic carbocycles. The van der Waals surface area contributed by atoms with Gasteiger partial charge >= 0.3 is 0 Å². The maximum Gasteiger partial charge on any atom is 0.171 e. The maximum atomic E-state index is 13.5. The van der Waals surface area contributed by atoms with Crippen LogP contribution in [0, 0.1) is 12.7 Å². The monoisotopic (exact) mass is 493 g/mol. The molecule has 0 saturated heterocycles. The summed E-state index contributed by atoms with van der Waals surface area (Å²) in [4.78, 5) is 2.41. The van der Waals surface area contributed by atoms with Crippen molar-refractivity contribution >= 4 is 23.0 Å². The highest BCUT2D eigenvalue weighted by Crippen LogP contribution is 2.40. The van der Waals surface area contributed by atoms with E-state index in [9.17, 15) is 4.39 Å². The molecule has 3 aromatic rings. The first-order chi connectivity index (χ1) is 16.9. The Morgan fingerprint density at radius 1 is 1.09 bits per heavy atom. The van der Waals surface area contributed by atoms with Crippen molar-refractivity contribution in [3.63, 3.8) is 0 Å². The van der Waals surface area contributed by atoms with E-state index in [4.69, 9.17) is 21.7 Å². The first-order valence-corrected chi connectivity index (χ1v) is 12.2. The minimum absolute atomic E-state index is 0.0147. The maximum absolute atomic E-state index is 13.5. The van der Waals surface area contributed by atoms with Crippen molar-refractivity contribution in [2.75, 3.05) is 26.1 Å². The average Bonchev–Trinajstić information content (AvgIpc) is 2.84. The van der Waals surface area contributed by atoms with Crippen molar-refractivity contribution in [3.05, 3.63) is 88.7 Å². The molecule has 0 aromatic heterocycles. The molecule has 184 valence electrons. The molecule has 7 heteroatoms. The summed E-state index contributed by atoms with van der Waals surface area (Å²) in [6.07, 6.45) is 0.881. The highest BCUT2D eigenvalue weighted by atomic mass is 32.1. The van der Waals surface area contributed by atoms with Crippen LogP contribution < -0.4 is 20.1 Å². The topological polar surface area (TPSA) is 45.8 Å². The van der Waals surface area contributed by atoms with Crippen molar-refractivity contribution in [3.8, 4) is 11.5 Å². The number of rotatable bonds is 7. The molecule has 3 aromatic carbocycles. The van der Waals surface area contributed by atoms with E-state index in [0.29, 0.717) is 17.4 Å². The van der Waals surface area contributed by atoms with Crippen LogP contribution in [0.4, 0.5) is 10.1 Å². The second kappa shape index (κ2) is 11.1. The fraction of sp³-hybridized carbons (Fsp3) is 0.321. The van der Waals surface area contributed by atoms with Gasteiger partial charge in [-0.15, -0.1) is 0 Å². The van der Waals surface area contributed by atoms with E-state index in [2.05, 4.69) is 53.6 Å². The Kier molecular flexibility index (Phi) is 7.88. The predicted molar refractivity (Wildman–Crippen MR) is 143 cm³/mol. The zero-order valence-electron chi connectivity index (χ0n) is 20.6. The van der Waals surface area contributed by atoms with Crippen LogP contribution in [-0.4, -0.2) is 36.8 Å². The molecule has 2 N–H and O–H groups in total. The number of benzene rings is 3. The fourth-order valence-corrected chi connectivity index (χ4v) is 5.10. The molecule has 0 fully saturated rings. The van der Waals surface area contributed by atoms with Crippen LogP contribution in [0.1, 0.15) is 35.2 Å². The van der Waals surface area contributed by atoms with E-state index < -0.39 is 0 Å². The van der Waals surface area contributed by atoms with Gasteiger partial charge in [0.2, 0.25) is 0 Å². The first kappa shape index (κ1) is 24.9. The molecule has 5 nitrogen and oxygen atoms in total. The largest absolute Gasteiger partial charge is 0.493 e. The van der Waals surface area contributed by atoms with Gasteiger partial charge in [-0.3, -0.25) is 4.90 Å². The Morgan fingerprint density at radius 3 is 2.49 bits per heavy atom. The number of thiocarbonyl (C=S) groups is 1. The van der Waals surface area contributed by atoms with Crippen molar-refractivity contribution in [2.45, 2.75) is 38.9 Å². The summed E-state index contributed by atoms with van der Waals surface area (Å²) in [6, 6.07) is 19.0. The van der Waals surface area contributed by atoms with Gasteiger partial charge in [-0.1, -0.05) is 24.3 Å². The fourth-order valence-electron chi connectivity index (χ4n) is 4.79. The van der Waals surface area contributed by atoms with Gasteiger partial charge in [0.1, 0.15) is 5.82 Å². The molecule has 1 aliphatic heterocycles. The van der Waals surface area contributed by atoms with E-state index in [1.165, 1.54) is 28.8 Å². The van der Waals surface area contributed by atoms with Crippen LogP contribution in [0.2, 0.25) is 0 Å². The third-order valence-electron chi connectivity index (χ3n) is 6.43. The number of hydrogen-bond acceptors (Lipinski definition) is 4. The number of methoxy groups -OCH3 is 2. The summed E-state index contributed by atoms with van der Waals surface area (Å²) < 4.78 is 24.7. The minimum atomic E-state index is -0.228. The van der Waals surface area contributed by atoms with Gasteiger partial charge in [-0.25, -0.2) is 4.39 Å².